The van der Waals surface area contributed by atoms with E-state index in [-0.39, 0.29) is 11.9 Å². The highest BCUT2D eigenvalue weighted by molar-refractivity contribution is 8.00. The Morgan fingerprint density at radius 1 is 1.09 bits per heavy atom. The van der Waals surface area contributed by atoms with Gasteiger partial charge in [0.05, 0.1) is 11.8 Å². The van der Waals surface area contributed by atoms with E-state index in [1.54, 1.807) is 11.8 Å². The van der Waals surface area contributed by atoms with Crippen LogP contribution in [-0.4, -0.2) is 11.7 Å². The van der Waals surface area contributed by atoms with E-state index in [0.717, 1.165) is 16.9 Å². The van der Waals surface area contributed by atoms with Gasteiger partial charge in [0.1, 0.15) is 0 Å². The quantitative estimate of drug-likeness (QED) is 0.794. The van der Waals surface area contributed by atoms with Gasteiger partial charge in [-0.2, -0.15) is 0 Å². The Balaban J connectivity index is 1.83. The van der Waals surface area contributed by atoms with E-state index in [2.05, 4.69) is 67.7 Å². The van der Waals surface area contributed by atoms with Gasteiger partial charge in [0.25, 0.3) is 0 Å². The Morgan fingerprint density at radius 3 is 2.32 bits per heavy atom. The zero-order valence-electron chi connectivity index (χ0n) is 13.4. The molecule has 116 valence electrons. The molecule has 0 heterocycles. The smallest absolute Gasteiger partial charge is 0.230 e. The Kier molecular flexibility index (Phi) is 6.08. The largest absolute Gasteiger partial charge is 0.349 e. The van der Waals surface area contributed by atoms with Crippen molar-refractivity contribution in [3.05, 3.63) is 65.2 Å². The molecular weight excluding hydrogens is 290 g/mol. The van der Waals surface area contributed by atoms with E-state index in [4.69, 9.17) is 0 Å². The summed E-state index contributed by atoms with van der Waals surface area (Å²) >= 11 is 1.57. The Labute approximate surface area is 137 Å². The maximum atomic E-state index is 12.1. The van der Waals surface area contributed by atoms with Gasteiger partial charge in [-0.25, -0.2) is 0 Å². The molecule has 0 aliphatic heterocycles. The topological polar surface area (TPSA) is 29.1 Å². The van der Waals surface area contributed by atoms with Gasteiger partial charge >= 0.3 is 0 Å². The van der Waals surface area contributed by atoms with Crippen LogP contribution in [-0.2, 0) is 11.2 Å². The zero-order valence-corrected chi connectivity index (χ0v) is 14.2. The molecule has 1 atom stereocenters. The first-order valence-electron chi connectivity index (χ1n) is 7.66. The van der Waals surface area contributed by atoms with Gasteiger partial charge in [-0.3, -0.25) is 4.79 Å². The van der Waals surface area contributed by atoms with E-state index in [1.807, 2.05) is 6.92 Å². The molecule has 0 spiro atoms. The summed E-state index contributed by atoms with van der Waals surface area (Å²) in [6, 6.07) is 16.7. The summed E-state index contributed by atoms with van der Waals surface area (Å²) in [6.07, 6.45) is 1.04. The fraction of sp³-hybridized carbons (Fsp3) is 0.316. The molecule has 0 fully saturated rings. The minimum Gasteiger partial charge on any atom is -0.349 e. The number of carbonyl (C=O) groups excluding carboxylic acids is 1. The molecule has 0 aliphatic rings. The first kappa shape index (κ1) is 16.6. The number of aryl methyl sites for hydroxylation is 2. The van der Waals surface area contributed by atoms with Crippen molar-refractivity contribution in [2.45, 2.75) is 38.1 Å². The molecule has 0 aliphatic carbocycles. The first-order chi connectivity index (χ1) is 10.6. The molecule has 1 N–H and O–H groups in total. The van der Waals surface area contributed by atoms with Gasteiger partial charge in [-0.15, -0.1) is 11.8 Å². The van der Waals surface area contributed by atoms with Crippen LogP contribution in [0.5, 0.6) is 0 Å². The van der Waals surface area contributed by atoms with E-state index in [1.165, 1.54) is 11.1 Å². The predicted molar refractivity (Wildman–Crippen MR) is 94.3 cm³/mol. The Morgan fingerprint density at radius 2 is 1.73 bits per heavy atom. The molecule has 22 heavy (non-hydrogen) atoms. The number of carbonyl (C=O) groups is 1. The highest BCUT2D eigenvalue weighted by Gasteiger charge is 2.09. The number of rotatable bonds is 6. The zero-order chi connectivity index (χ0) is 15.9. The van der Waals surface area contributed by atoms with Gasteiger partial charge < -0.3 is 5.32 Å². The molecule has 2 nitrogen and oxygen atoms in total. The van der Waals surface area contributed by atoms with E-state index in [0.29, 0.717) is 5.75 Å². The number of amides is 1. The maximum absolute atomic E-state index is 12.1. The first-order valence-corrected chi connectivity index (χ1v) is 8.64. The minimum atomic E-state index is 0.0389. The van der Waals surface area contributed by atoms with Crippen molar-refractivity contribution >= 4 is 17.7 Å². The van der Waals surface area contributed by atoms with Crippen LogP contribution >= 0.6 is 11.8 Å². The molecule has 2 aromatic carbocycles. The summed E-state index contributed by atoms with van der Waals surface area (Å²) in [7, 11) is 0. The standard InChI is InChI=1S/C19H23NOS/c1-4-16-7-9-17(10-8-16)15(3)20-19(21)13-22-18-11-5-14(2)6-12-18/h5-12,15H,4,13H2,1-3H3,(H,20,21)/t15-/m0/s1. The van der Waals surface area contributed by atoms with E-state index < -0.39 is 0 Å². The molecule has 3 heteroatoms. The normalized spacial score (nSPS) is 12.0. The summed E-state index contributed by atoms with van der Waals surface area (Å²) < 4.78 is 0. The monoisotopic (exact) mass is 313 g/mol. The molecule has 0 aromatic heterocycles. The molecule has 0 saturated heterocycles. The third-order valence-corrected chi connectivity index (χ3v) is 4.67. The lowest BCUT2D eigenvalue weighted by molar-refractivity contribution is -0.119. The van der Waals surface area contributed by atoms with Crippen LogP contribution in [0.2, 0.25) is 0 Å². The van der Waals surface area contributed by atoms with E-state index in [9.17, 15) is 4.79 Å². The predicted octanol–water partition coefficient (Wildman–Crippen LogP) is 4.53. The van der Waals surface area contributed by atoms with Gasteiger partial charge in [-0.1, -0.05) is 48.9 Å². The van der Waals surface area contributed by atoms with Crippen molar-refractivity contribution in [3.63, 3.8) is 0 Å². The molecule has 0 saturated carbocycles. The van der Waals surface area contributed by atoms with Crippen molar-refractivity contribution < 1.29 is 4.79 Å². The summed E-state index contributed by atoms with van der Waals surface area (Å²) in [5, 5.41) is 3.06. The fourth-order valence-electron chi connectivity index (χ4n) is 2.19. The third kappa shape index (κ3) is 4.92. The van der Waals surface area contributed by atoms with Crippen molar-refractivity contribution in [1.29, 1.82) is 0 Å². The molecular formula is C19H23NOS. The lowest BCUT2D eigenvalue weighted by Gasteiger charge is -2.14. The summed E-state index contributed by atoms with van der Waals surface area (Å²) in [5.74, 6) is 0.512. The van der Waals surface area contributed by atoms with Crippen LogP contribution in [0, 0.1) is 6.92 Å². The number of benzene rings is 2. The second-order valence-electron chi connectivity index (χ2n) is 5.49. The third-order valence-electron chi connectivity index (χ3n) is 3.66. The van der Waals surface area contributed by atoms with Gasteiger partial charge in [0.15, 0.2) is 0 Å². The lowest BCUT2D eigenvalue weighted by Crippen LogP contribution is -2.28. The van der Waals surface area contributed by atoms with Gasteiger partial charge in [-0.05, 0) is 43.5 Å². The summed E-state index contributed by atoms with van der Waals surface area (Å²) in [6.45, 7) is 6.23. The van der Waals surface area contributed by atoms with E-state index >= 15 is 0 Å². The van der Waals surface area contributed by atoms with Crippen molar-refractivity contribution in [1.82, 2.24) is 5.32 Å². The SMILES string of the molecule is CCc1ccc([C@H](C)NC(=O)CSc2ccc(C)cc2)cc1. The van der Waals surface area contributed by atoms with Crippen LogP contribution < -0.4 is 5.32 Å². The second-order valence-corrected chi connectivity index (χ2v) is 6.53. The number of hydrogen-bond donors (Lipinski definition) is 1. The highest BCUT2D eigenvalue weighted by atomic mass is 32.2. The van der Waals surface area contributed by atoms with Crippen LogP contribution in [0.15, 0.2) is 53.4 Å². The van der Waals surface area contributed by atoms with Crippen LogP contribution in [0.25, 0.3) is 0 Å². The van der Waals surface area contributed by atoms with Crippen molar-refractivity contribution in [2.24, 2.45) is 0 Å². The molecule has 1 amide bonds. The molecule has 0 bridgehead atoms. The summed E-state index contributed by atoms with van der Waals surface area (Å²) in [4.78, 5) is 13.2. The van der Waals surface area contributed by atoms with Gasteiger partial charge in [0.2, 0.25) is 5.91 Å². The number of nitrogens with one attached hydrogen (secondary N) is 1. The Hall–Kier alpha value is -1.74. The molecule has 2 aromatic rings. The number of hydrogen-bond acceptors (Lipinski definition) is 2. The fourth-order valence-corrected chi connectivity index (χ4v) is 2.90. The van der Waals surface area contributed by atoms with Crippen LogP contribution in [0.4, 0.5) is 0 Å². The minimum absolute atomic E-state index is 0.0389. The number of thioether (sulfide) groups is 1. The van der Waals surface area contributed by atoms with Crippen molar-refractivity contribution in [2.75, 3.05) is 5.75 Å². The molecule has 0 radical (unpaired) electrons. The van der Waals surface area contributed by atoms with Crippen LogP contribution in [0.3, 0.4) is 0 Å². The average molecular weight is 313 g/mol. The van der Waals surface area contributed by atoms with Gasteiger partial charge in [0, 0.05) is 4.90 Å². The molecule has 0 unspecified atom stereocenters. The second kappa shape index (κ2) is 8.04. The van der Waals surface area contributed by atoms with Crippen LogP contribution in [0.1, 0.15) is 36.6 Å². The average Bonchev–Trinajstić information content (AvgIpc) is 2.54. The van der Waals surface area contributed by atoms with Crippen molar-refractivity contribution in [3.8, 4) is 0 Å². The maximum Gasteiger partial charge on any atom is 0.230 e. The highest BCUT2D eigenvalue weighted by Crippen LogP contribution is 2.19. The lowest BCUT2D eigenvalue weighted by atomic mass is 10.1. The molecule has 2 rings (SSSR count). The summed E-state index contributed by atoms with van der Waals surface area (Å²) in [5.41, 5.74) is 3.70. The Bertz CT molecular complexity index is 604.